The van der Waals surface area contributed by atoms with E-state index in [2.05, 4.69) is 0 Å². The van der Waals surface area contributed by atoms with Crippen LogP contribution in [-0.2, 0) is 4.79 Å². The summed E-state index contributed by atoms with van der Waals surface area (Å²) in [7, 11) is 3.83. The molecule has 0 bridgehead atoms. The molecule has 3 N–H and O–H groups in total. The quantitative estimate of drug-likeness (QED) is 0.386. The van der Waals surface area contributed by atoms with Crippen molar-refractivity contribution in [3.63, 3.8) is 0 Å². The van der Waals surface area contributed by atoms with E-state index in [1.54, 1.807) is 24.3 Å². The van der Waals surface area contributed by atoms with E-state index in [1.165, 1.54) is 4.90 Å². The van der Waals surface area contributed by atoms with Gasteiger partial charge in [0.2, 0.25) is 0 Å². The van der Waals surface area contributed by atoms with E-state index < -0.39 is 35.6 Å². The highest BCUT2D eigenvalue weighted by Crippen LogP contribution is 2.37. The second kappa shape index (κ2) is 9.55. The lowest BCUT2D eigenvalue weighted by molar-refractivity contribution is -0.138. The molecule has 1 unspecified atom stereocenters. The molecule has 2 aromatic rings. The number of imide groups is 2. The predicted molar refractivity (Wildman–Crippen MR) is 127 cm³/mol. The van der Waals surface area contributed by atoms with Crippen LogP contribution in [0.25, 0.3) is 10.8 Å². The Morgan fingerprint density at radius 3 is 1.57 bits per heavy atom. The Labute approximate surface area is 202 Å². The highest BCUT2D eigenvalue weighted by Gasteiger charge is 2.39. The van der Waals surface area contributed by atoms with E-state index >= 15 is 0 Å². The maximum absolute atomic E-state index is 13.2. The summed E-state index contributed by atoms with van der Waals surface area (Å²) >= 11 is 0. The number of hydrogen-bond acceptors (Lipinski definition) is 7. The van der Waals surface area contributed by atoms with Crippen molar-refractivity contribution in [1.82, 2.24) is 14.7 Å². The standard InChI is InChI=1S/C25H28N4O6/c1-27(2)11-5-13-29-23(32)16-9-7-14-19-15(8-10-17(20(16)19)24(29)33)22(31)28(21(14)30)12-4-3-6-18(26)25(34)35/h7-10,18H,3-6,11-13,26H2,1-2H3,(H,34,35). The number of carbonyl (C=O) groups is 5. The fourth-order valence-corrected chi connectivity index (χ4v) is 4.68. The van der Waals surface area contributed by atoms with Crippen molar-refractivity contribution in [2.24, 2.45) is 5.73 Å². The van der Waals surface area contributed by atoms with Gasteiger partial charge in [-0.05, 0) is 70.6 Å². The number of amides is 4. The summed E-state index contributed by atoms with van der Waals surface area (Å²) in [5.74, 6) is -2.95. The molecule has 4 amide bonds. The molecule has 2 aromatic carbocycles. The zero-order chi connectivity index (χ0) is 25.4. The molecule has 4 rings (SSSR count). The molecule has 0 saturated heterocycles. The first-order valence-electron chi connectivity index (χ1n) is 11.6. The van der Waals surface area contributed by atoms with Gasteiger partial charge in [-0.2, -0.15) is 0 Å². The number of benzene rings is 2. The van der Waals surface area contributed by atoms with Crippen LogP contribution in [0.3, 0.4) is 0 Å². The van der Waals surface area contributed by atoms with Gasteiger partial charge < -0.3 is 15.7 Å². The summed E-state index contributed by atoms with van der Waals surface area (Å²) in [5, 5.41) is 9.60. The molecule has 2 aliphatic rings. The van der Waals surface area contributed by atoms with Gasteiger partial charge in [0.15, 0.2) is 0 Å². The molecule has 0 fully saturated rings. The Balaban J connectivity index is 1.62. The van der Waals surface area contributed by atoms with Gasteiger partial charge in [0, 0.05) is 46.1 Å². The Hall–Kier alpha value is -3.63. The predicted octanol–water partition coefficient (Wildman–Crippen LogP) is 1.57. The summed E-state index contributed by atoms with van der Waals surface area (Å²) < 4.78 is 0. The molecule has 10 heteroatoms. The van der Waals surface area contributed by atoms with Gasteiger partial charge in [0.1, 0.15) is 6.04 Å². The summed E-state index contributed by atoms with van der Waals surface area (Å²) in [6, 6.07) is 5.20. The summed E-state index contributed by atoms with van der Waals surface area (Å²) in [5.41, 5.74) is 6.67. The fraction of sp³-hybridized carbons (Fsp3) is 0.400. The van der Waals surface area contributed by atoms with E-state index in [4.69, 9.17) is 10.8 Å². The number of unbranched alkanes of at least 4 members (excludes halogenated alkanes) is 1. The van der Waals surface area contributed by atoms with Crippen LogP contribution in [-0.4, -0.2) is 89.2 Å². The van der Waals surface area contributed by atoms with Crippen LogP contribution in [0.15, 0.2) is 24.3 Å². The van der Waals surface area contributed by atoms with E-state index in [0.29, 0.717) is 41.2 Å². The molecule has 0 spiro atoms. The largest absolute Gasteiger partial charge is 0.480 e. The molecule has 2 aliphatic heterocycles. The van der Waals surface area contributed by atoms with Crippen molar-refractivity contribution in [3.05, 3.63) is 46.5 Å². The third-order valence-electron chi connectivity index (χ3n) is 6.51. The number of aliphatic carboxylic acids is 1. The lowest BCUT2D eigenvalue weighted by Crippen LogP contribution is -2.44. The number of rotatable bonds is 10. The molecule has 0 saturated carbocycles. The van der Waals surface area contributed by atoms with E-state index in [9.17, 15) is 24.0 Å². The van der Waals surface area contributed by atoms with Crippen LogP contribution in [0.5, 0.6) is 0 Å². The topological polar surface area (TPSA) is 141 Å². The van der Waals surface area contributed by atoms with Crippen molar-refractivity contribution < 1.29 is 29.1 Å². The SMILES string of the molecule is CN(C)CCCN1C(=O)c2ccc3c4c(ccc(c24)C1=O)C(=O)N(CCCCC(N)C(=O)O)C3=O. The first-order valence-corrected chi connectivity index (χ1v) is 11.6. The normalized spacial score (nSPS) is 16.0. The molecule has 0 radical (unpaired) electrons. The van der Waals surface area contributed by atoms with Gasteiger partial charge in [0.25, 0.3) is 23.6 Å². The van der Waals surface area contributed by atoms with Crippen molar-refractivity contribution in [3.8, 4) is 0 Å². The molecule has 35 heavy (non-hydrogen) atoms. The molecule has 1 atom stereocenters. The van der Waals surface area contributed by atoms with Gasteiger partial charge in [-0.3, -0.25) is 33.8 Å². The first-order chi connectivity index (χ1) is 16.6. The first kappa shape index (κ1) is 24.5. The number of carboxylic acids is 1. The average Bonchev–Trinajstić information content (AvgIpc) is 2.82. The van der Waals surface area contributed by atoms with Crippen molar-refractivity contribution >= 4 is 40.4 Å². The highest BCUT2D eigenvalue weighted by molar-refractivity contribution is 6.33. The number of hydrogen-bond donors (Lipinski definition) is 2. The lowest BCUT2D eigenvalue weighted by atomic mass is 9.86. The number of carbonyl (C=O) groups excluding carboxylic acids is 4. The smallest absolute Gasteiger partial charge is 0.320 e. The minimum absolute atomic E-state index is 0.117. The van der Waals surface area contributed by atoms with Crippen LogP contribution < -0.4 is 5.73 Å². The summed E-state index contributed by atoms with van der Waals surface area (Å²) in [4.78, 5) is 68.0. The van der Waals surface area contributed by atoms with Crippen LogP contribution in [0.4, 0.5) is 0 Å². The lowest BCUT2D eigenvalue weighted by Gasteiger charge is -2.32. The number of nitrogens with zero attached hydrogens (tertiary/aromatic N) is 3. The Bertz CT molecular complexity index is 1180. The second-order valence-electron chi connectivity index (χ2n) is 9.19. The molecule has 2 heterocycles. The van der Waals surface area contributed by atoms with Crippen molar-refractivity contribution in [2.75, 3.05) is 33.7 Å². The Kier molecular flexibility index (Phi) is 6.68. The zero-order valence-electron chi connectivity index (χ0n) is 19.7. The van der Waals surface area contributed by atoms with Gasteiger partial charge >= 0.3 is 5.97 Å². The Morgan fingerprint density at radius 2 is 1.20 bits per heavy atom. The third-order valence-corrected chi connectivity index (χ3v) is 6.51. The van der Waals surface area contributed by atoms with Gasteiger partial charge in [-0.1, -0.05) is 0 Å². The van der Waals surface area contributed by atoms with Crippen LogP contribution in [0, 0.1) is 0 Å². The summed E-state index contributed by atoms with van der Waals surface area (Å²) in [6.07, 6.45) is 1.71. The van der Waals surface area contributed by atoms with Gasteiger partial charge in [0.05, 0.1) is 0 Å². The minimum atomic E-state index is -1.09. The molecule has 184 valence electrons. The van der Waals surface area contributed by atoms with E-state index in [0.717, 1.165) is 11.4 Å². The van der Waals surface area contributed by atoms with Crippen LogP contribution in [0.1, 0.15) is 67.1 Å². The maximum atomic E-state index is 13.2. The number of carboxylic acid groups (broad SMARTS) is 1. The highest BCUT2D eigenvalue weighted by atomic mass is 16.4. The molecule has 0 aliphatic carbocycles. The summed E-state index contributed by atoms with van der Waals surface area (Å²) in [6.45, 7) is 1.11. The van der Waals surface area contributed by atoms with E-state index in [1.807, 2.05) is 19.0 Å². The fourth-order valence-electron chi connectivity index (χ4n) is 4.68. The van der Waals surface area contributed by atoms with Crippen molar-refractivity contribution in [2.45, 2.75) is 31.7 Å². The Morgan fingerprint density at radius 1 is 0.800 bits per heavy atom. The van der Waals surface area contributed by atoms with E-state index in [-0.39, 0.29) is 30.6 Å². The average molecular weight is 481 g/mol. The number of nitrogens with two attached hydrogens (primary N) is 1. The second-order valence-corrected chi connectivity index (χ2v) is 9.19. The van der Waals surface area contributed by atoms with Crippen molar-refractivity contribution in [1.29, 1.82) is 0 Å². The molecule has 0 aromatic heterocycles. The van der Waals surface area contributed by atoms with Crippen LogP contribution in [0.2, 0.25) is 0 Å². The minimum Gasteiger partial charge on any atom is -0.480 e. The molecular weight excluding hydrogens is 452 g/mol. The van der Waals surface area contributed by atoms with Crippen LogP contribution >= 0.6 is 0 Å². The monoisotopic (exact) mass is 480 g/mol. The zero-order valence-corrected chi connectivity index (χ0v) is 19.7. The maximum Gasteiger partial charge on any atom is 0.320 e. The van der Waals surface area contributed by atoms with Gasteiger partial charge in [-0.25, -0.2) is 0 Å². The molecule has 10 nitrogen and oxygen atoms in total. The molecular formula is C25H28N4O6. The third kappa shape index (κ3) is 4.30. The van der Waals surface area contributed by atoms with Gasteiger partial charge in [-0.15, -0.1) is 0 Å².